The Kier molecular flexibility index (Phi) is 4.02. The van der Waals surface area contributed by atoms with Gasteiger partial charge < -0.3 is 20.2 Å². The minimum Gasteiger partial charge on any atom is -0.477 e. The molecule has 1 atom stereocenters. The van der Waals surface area contributed by atoms with Gasteiger partial charge in [-0.05, 0) is 19.1 Å². The molecule has 0 radical (unpaired) electrons. The average Bonchev–Trinajstić information content (AvgIpc) is 3.09. The topological polar surface area (TPSA) is 137 Å². The van der Waals surface area contributed by atoms with Crippen LogP contribution in [0, 0.1) is 0 Å². The van der Waals surface area contributed by atoms with Gasteiger partial charge in [0.1, 0.15) is 11.7 Å². The van der Waals surface area contributed by atoms with Crippen LogP contribution in [0.15, 0.2) is 28.9 Å². The van der Waals surface area contributed by atoms with E-state index in [1.165, 1.54) is 25.3 Å². The molecule has 0 fully saturated rings. The molecule has 0 spiro atoms. The second kappa shape index (κ2) is 5.90. The maximum atomic E-state index is 11.8. The maximum Gasteiger partial charge on any atom is 0.353 e. The van der Waals surface area contributed by atoms with E-state index < -0.39 is 23.8 Å². The number of hydrogen-bond donors (Lipinski definition) is 4. The summed E-state index contributed by atoms with van der Waals surface area (Å²) in [5.74, 6) is -2.13. The summed E-state index contributed by atoms with van der Waals surface area (Å²) in [5.41, 5.74) is -0.155. The summed E-state index contributed by atoms with van der Waals surface area (Å²) in [5, 5.41) is 19.4. The van der Waals surface area contributed by atoms with E-state index in [0.717, 1.165) is 0 Å². The Bertz CT molecular complexity index is 661. The van der Waals surface area contributed by atoms with Gasteiger partial charge in [0.15, 0.2) is 11.6 Å². The van der Waals surface area contributed by atoms with Crippen molar-refractivity contribution >= 4 is 23.6 Å². The number of nitrogens with one attached hydrogen (secondary N) is 3. The summed E-state index contributed by atoms with van der Waals surface area (Å²) in [7, 11) is 0. The number of furan rings is 1. The number of amides is 2. The molecule has 2 amide bonds. The number of aromatic carboxylic acids is 1. The van der Waals surface area contributed by atoms with E-state index in [1.54, 1.807) is 6.07 Å². The largest absolute Gasteiger partial charge is 0.477 e. The van der Waals surface area contributed by atoms with E-state index in [1.807, 2.05) is 0 Å². The molecule has 9 heteroatoms. The van der Waals surface area contributed by atoms with Crippen molar-refractivity contribution in [1.29, 1.82) is 0 Å². The van der Waals surface area contributed by atoms with Crippen LogP contribution >= 0.6 is 0 Å². The van der Waals surface area contributed by atoms with Crippen LogP contribution in [-0.4, -0.2) is 39.1 Å². The van der Waals surface area contributed by atoms with Gasteiger partial charge in [0.2, 0.25) is 5.91 Å². The predicted octanol–water partition coefficient (Wildman–Crippen LogP) is 0.458. The van der Waals surface area contributed by atoms with Crippen LogP contribution in [0.2, 0.25) is 0 Å². The van der Waals surface area contributed by atoms with Crippen molar-refractivity contribution in [3.05, 3.63) is 35.9 Å². The zero-order valence-corrected chi connectivity index (χ0v) is 10.9. The Balaban J connectivity index is 1.93. The van der Waals surface area contributed by atoms with Gasteiger partial charge in [-0.25, -0.2) is 4.79 Å². The Morgan fingerprint density at radius 3 is 2.76 bits per heavy atom. The van der Waals surface area contributed by atoms with Gasteiger partial charge in [0.05, 0.1) is 6.26 Å². The van der Waals surface area contributed by atoms with Crippen LogP contribution in [0.1, 0.15) is 28.0 Å². The van der Waals surface area contributed by atoms with E-state index in [9.17, 15) is 14.4 Å². The number of aromatic nitrogens is 2. The molecule has 9 nitrogen and oxygen atoms in total. The molecular weight excluding hydrogens is 280 g/mol. The van der Waals surface area contributed by atoms with Crippen LogP contribution in [0.4, 0.5) is 5.82 Å². The zero-order valence-electron chi connectivity index (χ0n) is 10.9. The molecule has 0 aliphatic rings. The first-order valence-electron chi connectivity index (χ1n) is 5.91. The second-order valence-corrected chi connectivity index (χ2v) is 4.13. The number of carbonyl (C=O) groups is 3. The number of hydrogen-bond acceptors (Lipinski definition) is 5. The normalized spacial score (nSPS) is 11.7. The van der Waals surface area contributed by atoms with Crippen LogP contribution < -0.4 is 10.6 Å². The van der Waals surface area contributed by atoms with Gasteiger partial charge in [-0.2, -0.15) is 5.10 Å². The van der Waals surface area contributed by atoms with Crippen molar-refractivity contribution in [3.63, 3.8) is 0 Å². The first kappa shape index (κ1) is 14.3. The molecule has 0 aliphatic heterocycles. The Morgan fingerprint density at radius 1 is 1.43 bits per heavy atom. The van der Waals surface area contributed by atoms with Gasteiger partial charge in [-0.3, -0.25) is 14.7 Å². The van der Waals surface area contributed by atoms with E-state index >= 15 is 0 Å². The molecule has 0 bridgehead atoms. The van der Waals surface area contributed by atoms with Crippen molar-refractivity contribution in [3.8, 4) is 0 Å². The molecule has 0 saturated heterocycles. The molecule has 2 heterocycles. The lowest BCUT2D eigenvalue weighted by Crippen LogP contribution is -2.41. The molecule has 2 rings (SSSR count). The van der Waals surface area contributed by atoms with Crippen molar-refractivity contribution in [1.82, 2.24) is 15.5 Å². The number of H-pyrrole nitrogens is 1. The first-order valence-corrected chi connectivity index (χ1v) is 5.91. The standard InChI is InChI=1S/C12H12N4O5/c1-6(13-11(18)8-3-2-4-21-8)10(17)14-9-5-7(12(19)20)15-16-9/h2-6H,1H3,(H,13,18)(H,19,20)(H2,14,15,16,17). The van der Waals surface area contributed by atoms with Crippen molar-refractivity contribution < 1.29 is 23.9 Å². The fourth-order valence-electron chi connectivity index (χ4n) is 1.47. The number of rotatable bonds is 5. The maximum absolute atomic E-state index is 11.8. The SMILES string of the molecule is CC(NC(=O)c1ccco1)C(=O)Nc1cc(C(=O)O)[nH]n1. The molecule has 2 aromatic heterocycles. The quantitative estimate of drug-likeness (QED) is 0.631. The van der Waals surface area contributed by atoms with Gasteiger partial charge in [-0.1, -0.05) is 0 Å². The number of carbonyl (C=O) groups excluding carboxylic acids is 2. The number of aromatic amines is 1. The minimum atomic E-state index is -1.19. The highest BCUT2D eigenvalue weighted by Crippen LogP contribution is 2.06. The van der Waals surface area contributed by atoms with Gasteiger partial charge in [0, 0.05) is 6.07 Å². The van der Waals surface area contributed by atoms with Gasteiger partial charge in [-0.15, -0.1) is 0 Å². The highest BCUT2D eigenvalue weighted by Gasteiger charge is 2.19. The monoisotopic (exact) mass is 292 g/mol. The number of carboxylic acid groups (broad SMARTS) is 1. The summed E-state index contributed by atoms with van der Waals surface area (Å²) in [6, 6.07) is 3.33. The van der Waals surface area contributed by atoms with E-state index in [2.05, 4.69) is 20.8 Å². The third-order valence-electron chi connectivity index (χ3n) is 2.55. The van der Waals surface area contributed by atoms with Crippen LogP contribution in [0.5, 0.6) is 0 Å². The predicted molar refractivity (Wildman–Crippen MR) is 69.8 cm³/mol. The summed E-state index contributed by atoms with van der Waals surface area (Å²) in [6.45, 7) is 1.47. The second-order valence-electron chi connectivity index (χ2n) is 4.13. The fraction of sp³-hybridized carbons (Fsp3) is 0.167. The first-order chi connectivity index (χ1) is 9.97. The number of anilines is 1. The third-order valence-corrected chi connectivity index (χ3v) is 2.55. The van der Waals surface area contributed by atoms with E-state index in [0.29, 0.717) is 0 Å². The molecule has 4 N–H and O–H groups in total. The molecule has 0 saturated carbocycles. The summed E-state index contributed by atoms with van der Waals surface area (Å²) in [4.78, 5) is 34.2. The summed E-state index contributed by atoms with van der Waals surface area (Å²) < 4.78 is 4.90. The van der Waals surface area contributed by atoms with Gasteiger partial charge in [0.25, 0.3) is 5.91 Å². The molecule has 2 aromatic rings. The van der Waals surface area contributed by atoms with Gasteiger partial charge >= 0.3 is 5.97 Å². The third kappa shape index (κ3) is 3.47. The average molecular weight is 292 g/mol. The molecule has 110 valence electrons. The summed E-state index contributed by atoms with van der Waals surface area (Å²) >= 11 is 0. The lowest BCUT2D eigenvalue weighted by atomic mass is 10.3. The molecule has 21 heavy (non-hydrogen) atoms. The minimum absolute atomic E-state index is 0.0523. The Labute approximate surface area is 118 Å². The van der Waals surface area contributed by atoms with Crippen molar-refractivity contribution in [2.45, 2.75) is 13.0 Å². The smallest absolute Gasteiger partial charge is 0.353 e. The molecule has 0 aliphatic carbocycles. The molecule has 1 unspecified atom stereocenters. The Hall–Kier alpha value is -3.10. The Morgan fingerprint density at radius 2 is 2.19 bits per heavy atom. The van der Waals surface area contributed by atoms with Crippen LogP contribution in [-0.2, 0) is 4.79 Å². The van der Waals surface area contributed by atoms with Crippen LogP contribution in [0.3, 0.4) is 0 Å². The highest BCUT2D eigenvalue weighted by atomic mass is 16.4. The van der Waals surface area contributed by atoms with Crippen molar-refractivity contribution in [2.75, 3.05) is 5.32 Å². The molecule has 0 aromatic carbocycles. The van der Waals surface area contributed by atoms with Crippen molar-refractivity contribution in [2.24, 2.45) is 0 Å². The van der Waals surface area contributed by atoms with E-state index in [-0.39, 0.29) is 17.3 Å². The number of nitrogens with zero attached hydrogens (tertiary/aromatic N) is 1. The molecular formula is C12H12N4O5. The summed E-state index contributed by atoms with van der Waals surface area (Å²) in [6.07, 6.45) is 1.34. The highest BCUT2D eigenvalue weighted by molar-refractivity contribution is 5.99. The fourth-order valence-corrected chi connectivity index (χ4v) is 1.47. The lowest BCUT2D eigenvalue weighted by Gasteiger charge is -2.11. The number of carboxylic acids is 1. The zero-order chi connectivity index (χ0) is 15.4. The van der Waals surface area contributed by atoms with E-state index in [4.69, 9.17) is 9.52 Å². The lowest BCUT2D eigenvalue weighted by molar-refractivity contribution is -0.117. The van der Waals surface area contributed by atoms with Crippen LogP contribution in [0.25, 0.3) is 0 Å².